The molecular weight excluding hydrogens is 394 g/mol. The number of carbonyl (C=O) groups excluding carboxylic acids is 1. The molecule has 2 aromatic rings. The first-order valence-corrected chi connectivity index (χ1v) is 10.7. The lowest BCUT2D eigenvalue weighted by Gasteiger charge is -2.20. The summed E-state index contributed by atoms with van der Waals surface area (Å²) in [5, 5.41) is 5.71. The van der Waals surface area contributed by atoms with Gasteiger partial charge in [-0.2, -0.15) is 4.31 Å². The number of benzene rings is 2. The van der Waals surface area contributed by atoms with Crippen LogP contribution in [0, 0.1) is 0 Å². The summed E-state index contributed by atoms with van der Waals surface area (Å²) in [6.45, 7) is 4.26. The van der Waals surface area contributed by atoms with E-state index in [1.165, 1.54) is 23.5 Å². The summed E-state index contributed by atoms with van der Waals surface area (Å²) in [7, 11) is -0.566. The number of carbonyl (C=O) groups is 1. The second kappa shape index (κ2) is 10.1. The fraction of sp³-hybridized carbons (Fsp3) is 0.350. The van der Waals surface area contributed by atoms with E-state index in [9.17, 15) is 13.2 Å². The molecule has 0 radical (unpaired) electrons. The van der Waals surface area contributed by atoms with Crippen molar-refractivity contribution >= 4 is 27.3 Å². The maximum Gasteiger partial charge on any atom is 0.243 e. The summed E-state index contributed by atoms with van der Waals surface area (Å²) < 4.78 is 37.2. The van der Waals surface area contributed by atoms with E-state index in [1.54, 1.807) is 51.3 Å². The van der Waals surface area contributed by atoms with Crippen molar-refractivity contribution in [3.63, 3.8) is 0 Å². The smallest absolute Gasteiger partial charge is 0.243 e. The second-order valence-electron chi connectivity index (χ2n) is 6.08. The van der Waals surface area contributed by atoms with Gasteiger partial charge in [0.1, 0.15) is 11.5 Å². The molecule has 0 fully saturated rings. The van der Waals surface area contributed by atoms with Crippen LogP contribution in [0.25, 0.3) is 0 Å². The van der Waals surface area contributed by atoms with E-state index in [4.69, 9.17) is 9.47 Å². The van der Waals surface area contributed by atoms with E-state index in [0.29, 0.717) is 36.0 Å². The lowest BCUT2D eigenvalue weighted by Crippen LogP contribution is -2.30. The second-order valence-corrected chi connectivity index (χ2v) is 8.02. The monoisotopic (exact) mass is 421 g/mol. The minimum Gasteiger partial charge on any atom is -0.497 e. The van der Waals surface area contributed by atoms with Crippen LogP contribution in [-0.2, 0) is 14.8 Å². The van der Waals surface area contributed by atoms with E-state index >= 15 is 0 Å². The molecule has 0 saturated carbocycles. The van der Waals surface area contributed by atoms with Crippen LogP contribution in [-0.4, -0.2) is 52.5 Å². The largest absolute Gasteiger partial charge is 0.497 e. The molecular formula is C20H27N3O5S. The first-order valence-electron chi connectivity index (χ1n) is 9.21. The van der Waals surface area contributed by atoms with Gasteiger partial charge in [0.15, 0.2) is 0 Å². The number of ether oxygens (including phenoxy) is 2. The highest BCUT2D eigenvalue weighted by molar-refractivity contribution is 7.89. The molecule has 8 nitrogen and oxygen atoms in total. The van der Waals surface area contributed by atoms with Crippen LogP contribution in [0.15, 0.2) is 47.4 Å². The fourth-order valence-electron chi connectivity index (χ4n) is 2.75. The molecule has 0 aliphatic rings. The highest BCUT2D eigenvalue weighted by atomic mass is 32.2. The Hall–Kier alpha value is -2.78. The number of hydrogen-bond donors (Lipinski definition) is 2. The van der Waals surface area contributed by atoms with Crippen molar-refractivity contribution in [3.8, 4) is 11.5 Å². The SMILES string of the molecule is CCN(CC)S(=O)(=O)c1ccc(OC)c(NCC(=O)Nc2ccc(OC)cc2)c1. The number of nitrogens with one attached hydrogen (secondary N) is 2. The highest BCUT2D eigenvalue weighted by Crippen LogP contribution is 2.28. The first kappa shape index (κ1) is 22.5. The number of anilines is 2. The van der Waals surface area contributed by atoms with Crippen molar-refractivity contribution in [1.82, 2.24) is 4.31 Å². The lowest BCUT2D eigenvalue weighted by molar-refractivity contribution is -0.114. The molecule has 0 aliphatic carbocycles. The van der Waals surface area contributed by atoms with Gasteiger partial charge in [0.25, 0.3) is 0 Å². The number of amides is 1. The van der Waals surface area contributed by atoms with Gasteiger partial charge >= 0.3 is 0 Å². The van der Waals surface area contributed by atoms with Crippen LogP contribution in [0.4, 0.5) is 11.4 Å². The summed E-state index contributed by atoms with van der Waals surface area (Å²) in [5.74, 6) is 0.854. The molecule has 0 atom stereocenters. The highest BCUT2D eigenvalue weighted by Gasteiger charge is 2.23. The molecule has 0 bridgehead atoms. The number of hydrogen-bond acceptors (Lipinski definition) is 6. The van der Waals surface area contributed by atoms with E-state index in [2.05, 4.69) is 10.6 Å². The van der Waals surface area contributed by atoms with Crippen LogP contribution in [0.2, 0.25) is 0 Å². The van der Waals surface area contributed by atoms with Gasteiger partial charge in [0.2, 0.25) is 15.9 Å². The van der Waals surface area contributed by atoms with Crippen LogP contribution >= 0.6 is 0 Å². The number of rotatable bonds is 10. The van der Waals surface area contributed by atoms with E-state index in [-0.39, 0.29) is 17.3 Å². The van der Waals surface area contributed by atoms with Gasteiger partial charge in [-0.3, -0.25) is 4.79 Å². The van der Waals surface area contributed by atoms with Crippen molar-refractivity contribution < 1.29 is 22.7 Å². The van der Waals surface area contributed by atoms with Crippen molar-refractivity contribution in [1.29, 1.82) is 0 Å². The molecule has 158 valence electrons. The first-order chi connectivity index (χ1) is 13.8. The van der Waals surface area contributed by atoms with Gasteiger partial charge in [-0.25, -0.2) is 8.42 Å². The Morgan fingerprint density at radius 3 is 2.21 bits per heavy atom. The van der Waals surface area contributed by atoms with E-state index in [1.807, 2.05) is 0 Å². The van der Waals surface area contributed by atoms with Crippen LogP contribution in [0.5, 0.6) is 11.5 Å². The van der Waals surface area contributed by atoms with E-state index < -0.39 is 10.0 Å². The molecule has 1 amide bonds. The fourth-order valence-corrected chi connectivity index (χ4v) is 4.24. The van der Waals surface area contributed by atoms with Gasteiger partial charge in [-0.15, -0.1) is 0 Å². The summed E-state index contributed by atoms with van der Waals surface area (Å²) >= 11 is 0. The van der Waals surface area contributed by atoms with E-state index in [0.717, 1.165) is 0 Å². The number of sulfonamides is 1. The minimum atomic E-state index is -3.62. The zero-order valence-electron chi connectivity index (χ0n) is 17.1. The number of methoxy groups -OCH3 is 2. The molecule has 0 saturated heterocycles. The topological polar surface area (TPSA) is 97.0 Å². The van der Waals surface area contributed by atoms with Crippen LogP contribution < -0.4 is 20.1 Å². The third-order valence-electron chi connectivity index (χ3n) is 4.33. The van der Waals surface area contributed by atoms with Gasteiger partial charge in [-0.05, 0) is 42.5 Å². The predicted molar refractivity (Wildman–Crippen MR) is 113 cm³/mol. The molecule has 0 aliphatic heterocycles. The lowest BCUT2D eigenvalue weighted by atomic mass is 10.3. The molecule has 0 spiro atoms. The van der Waals surface area contributed by atoms with Crippen molar-refractivity contribution in [2.75, 3.05) is 44.5 Å². The maximum atomic E-state index is 12.7. The normalized spacial score (nSPS) is 11.2. The molecule has 0 unspecified atom stereocenters. The summed E-state index contributed by atoms with van der Waals surface area (Å²) in [5.41, 5.74) is 1.05. The molecule has 0 heterocycles. The van der Waals surface area contributed by atoms with Gasteiger partial charge in [0.05, 0.1) is 31.3 Å². The zero-order valence-corrected chi connectivity index (χ0v) is 17.9. The summed E-state index contributed by atoms with van der Waals surface area (Å²) in [6, 6.07) is 11.5. The quantitative estimate of drug-likeness (QED) is 0.612. The van der Waals surface area contributed by atoms with Crippen molar-refractivity contribution in [2.45, 2.75) is 18.7 Å². The predicted octanol–water partition coefficient (Wildman–Crippen LogP) is 2.78. The third kappa shape index (κ3) is 5.61. The molecule has 0 aromatic heterocycles. The Morgan fingerprint density at radius 2 is 1.66 bits per heavy atom. The zero-order chi connectivity index (χ0) is 21.4. The molecule has 2 rings (SSSR count). The third-order valence-corrected chi connectivity index (χ3v) is 6.37. The van der Waals surface area contributed by atoms with Gasteiger partial charge in [-0.1, -0.05) is 13.8 Å². The van der Waals surface area contributed by atoms with Crippen molar-refractivity contribution in [2.24, 2.45) is 0 Å². The summed E-state index contributed by atoms with van der Waals surface area (Å²) in [4.78, 5) is 12.4. The molecule has 9 heteroatoms. The molecule has 29 heavy (non-hydrogen) atoms. The average Bonchev–Trinajstić information content (AvgIpc) is 2.73. The molecule has 2 N–H and O–H groups in total. The Kier molecular flexibility index (Phi) is 7.86. The Bertz CT molecular complexity index is 926. The van der Waals surface area contributed by atoms with Gasteiger partial charge in [0, 0.05) is 18.8 Å². The Labute approximate surface area is 171 Å². The number of nitrogens with zero attached hydrogens (tertiary/aromatic N) is 1. The minimum absolute atomic E-state index is 0.0584. The van der Waals surface area contributed by atoms with Crippen molar-refractivity contribution in [3.05, 3.63) is 42.5 Å². The van der Waals surface area contributed by atoms with Gasteiger partial charge < -0.3 is 20.1 Å². The average molecular weight is 422 g/mol. The summed E-state index contributed by atoms with van der Waals surface area (Å²) in [6.07, 6.45) is 0. The van der Waals surface area contributed by atoms with Crippen LogP contribution in [0.1, 0.15) is 13.8 Å². The maximum absolute atomic E-state index is 12.7. The molecule has 2 aromatic carbocycles. The standard InChI is InChI=1S/C20H27N3O5S/c1-5-23(6-2)29(25,26)17-11-12-19(28-4)18(13-17)21-14-20(24)22-15-7-9-16(27-3)10-8-15/h7-13,21H,5-6,14H2,1-4H3,(H,22,24). The van der Waals surface area contributed by atoms with Crippen LogP contribution in [0.3, 0.4) is 0 Å². The Balaban J connectivity index is 2.13. The Morgan fingerprint density at radius 1 is 1.00 bits per heavy atom.